The van der Waals surface area contributed by atoms with E-state index in [1.807, 2.05) is 0 Å². The normalized spacial score (nSPS) is 11.4. The first-order valence-electron chi connectivity index (χ1n) is 6.20. The maximum Gasteiger partial charge on any atom is 0.341 e. The van der Waals surface area contributed by atoms with E-state index in [0.717, 1.165) is 17.7 Å². The molecule has 8 heteroatoms. The number of carbonyl (C=O) groups excluding carboxylic acids is 1. The predicted molar refractivity (Wildman–Crippen MR) is 75.0 cm³/mol. The fourth-order valence-electron chi connectivity index (χ4n) is 1.69. The summed E-state index contributed by atoms with van der Waals surface area (Å²) in [4.78, 5) is 15.3. The Balaban J connectivity index is 2.06. The first-order chi connectivity index (χ1) is 10.4. The summed E-state index contributed by atoms with van der Waals surface area (Å²) < 4.78 is 47.3. The summed E-state index contributed by atoms with van der Waals surface area (Å²) in [5.41, 5.74) is 0.977. The monoisotopic (exact) mass is 326 g/mol. The number of pyridine rings is 1. The van der Waals surface area contributed by atoms with Crippen molar-refractivity contribution < 1.29 is 22.0 Å². The van der Waals surface area contributed by atoms with Gasteiger partial charge in [0.2, 0.25) is 9.84 Å². The number of rotatable bonds is 5. The van der Waals surface area contributed by atoms with Crippen LogP contribution in [0.1, 0.15) is 15.9 Å². The third kappa shape index (κ3) is 3.64. The Labute approximate surface area is 125 Å². The van der Waals surface area contributed by atoms with Crippen LogP contribution in [-0.2, 0) is 16.4 Å². The Kier molecular flexibility index (Phi) is 4.81. The third-order valence-corrected chi connectivity index (χ3v) is 4.25. The molecule has 0 aliphatic carbocycles. The molecular weight excluding hydrogens is 314 g/mol. The van der Waals surface area contributed by atoms with E-state index in [2.05, 4.69) is 10.3 Å². The minimum absolute atomic E-state index is 0.178. The second-order valence-corrected chi connectivity index (χ2v) is 6.29. The van der Waals surface area contributed by atoms with Crippen LogP contribution >= 0.6 is 0 Å². The molecule has 22 heavy (non-hydrogen) atoms. The van der Waals surface area contributed by atoms with Crippen LogP contribution in [0, 0.1) is 0 Å². The maximum atomic E-state index is 12.4. The highest BCUT2D eigenvalue weighted by Gasteiger charge is 2.26. The van der Waals surface area contributed by atoms with E-state index >= 15 is 0 Å². The van der Waals surface area contributed by atoms with Crippen molar-refractivity contribution in [3.8, 4) is 0 Å². The van der Waals surface area contributed by atoms with Crippen molar-refractivity contribution in [3.63, 3.8) is 0 Å². The number of hydrogen-bond donors (Lipinski definition) is 1. The molecule has 1 amide bonds. The van der Waals surface area contributed by atoms with Gasteiger partial charge in [0.15, 0.2) is 0 Å². The molecule has 5 nitrogen and oxygen atoms in total. The molecule has 0 atom stereocenters. The van der Waals surface area contributed by atoms with Crippen LogP contribution in [0.15, 0.2) is 53.7 Å². The number of benzene rings is 1. The number of aromatic nitrogens is 1. The zero-order chi connectivity index (χ0) is 16.2. The fourth-order valence-corrected chi connectivity index (χ4v) is 2.41. The van der Waals surface area contributed by atoms with Gasteiger partial charge in [-0.3, -0.25) is 9.78 Å². The van der Waals surface area contributed by atoms with E-state index < -0.39 is 26.4 Å². The van der Waals surface area contributed by atoms with Gasteiger partial charge in [0.1, 0.15) is 0 Å². The fraction of sp³-hybridized carbons (Fsp3) is 0.143. The average Bonchev–Trinajstić information content (AvgIpc) is 2.53. The summed E-state index contributed by atoms with van der Waals surface area (Å²) in [6.45, 7) is 0.254. The molecule has 1 heterocycles. The SMILES string of the molecule is O=C(NCc1cccnc1)c1ccc(S(=O)(=O)C(F)F)cc1. The van der Waals surface area contributed by atoms with Crippen LogP contribution in [0.25, 0.3) is 0 Å². The number of sulfone groups is 1. The minimum atomic E-state index is -4.65. The number of nitrogens with one attached hydrogen (secondary N) is 1. The average molecular weight is 326 g/mol. The summed E-state index contributed by atoms with van der Waals surface area (Å²) in [5, 5.41) is 2.62. The molecule has 1 aromatic heterocycles. The number of amides is 1. The van der Waals surface area contributed by atoms with Gasteiger partial charge in [-0.25, -0.2) is 8.42 Å². The van der Waals surface area contributed by atoms with E-state index in [-0.39, 0.29) is 12.1 Å². The standard InChI is InChI=1S/C14H12F2N2O3S/c15-14(16)22(20,21)12-5-3-11(4-6-12)13(19)18-9-10-2-1-7-17-8-10/h1-8,14H,9H2,(H,18,19). The molecule has 116 valence electrons. The molecule has 0 spiro atoms. The number of alkyl halides is 2. The van der Waals surface area contributed by atoms with Crippen LogP contribution in [0.3, 0.4) is 0 Å². The topological polar surface area (TPSA) is 76.1 Å². The molecule has 1 aromatic carbocycles. The lowest BCUT2D eigenvalue weighted by atomic mass is 10.2. The van der Waals surface area contributed by atoms with Crippen molar-refractivity contribution in [2.24, 2.45) is 0 Å². The minimum Gasteiger partial charge on any atom is -0.348 e. The van der Waals surface area contributed by atoms with Crippen molar-refractivity contribution >= 4 is 15.7 Å². The Morgan fingerprint density at radius 2 is 1.86 bits per heavy atom. The van der Waals surface area contributed by atoms with Crippen LogP contribution in [0.2, 0.25) is 0 Å². The van der Waals surface area contributed by atoms with E-state index in [4.69, 9.17) is 0 Å². The molecule has 0 saturated carbocycles. The smallest absolute Gasteiger partial charge is 0.341 e. The summed E-state index contributed by atoms with van der Waals surface area (Å²) in [7, 11) is -4.65. The summed E-state index contributed by atoms with van der Waals surface area (Å²) in [6.07, 6.45) is 3.20. The first kappa shape index (κ1) is 16.0. The molecule has 0 radical (unpaired) electrons. The van der Waals surface area contributed by atoms with Gasteiger partial charge in [0, 0.05) is 24.5 Å². The Bertz CT molecular complexity index is 747. The Morgan fingerprint density at radius 1 is 1.18 bits per heavy atom. The van der Waals surface area contributed by atoms with E-state index in [0.29, 0.717) is 0 Å². The lowest BCUT2D eigenvalue weighted by Crippen LogP contribution is -2.23. The molecule has 0 unspecified atom stereocenters. The van der Waals surface area contributed by atoms with Crippen molar-refractivity contribution in [3.05, 3.63) is 59.9 Å². The Hall–Kier alpha value is -2.35. The predicted octanol–water partition coefficient (Wildman–Crippen LogP) is 2.01. The van der Waals surface area contributed by atoms with Gasteiger partial charge in [-0.1, -0.05) is 6.07 Å². The van der Waals surface area contributed by atoms with E-state index in [1.165, 1.54) is 12.1 Å². The first-order valence-corrected chi connectivity index (χ1v) is 7.75. The van der Waals surface area contributed by atoms with E-state index in [1.54, 1.807) is 24.5 Å². The van der Waals surface area contributed by atoms with Crippen molar-refractivity contribution in [1.29, 1.82) is 0 Å². The highest BCUT2D eigenvalue weighted by Crippen LogP contribution is 2.18. The molecular formula is C14H12F2N2O3S. The third-order valence-electron chi connectivity index (χ3n) is 2.86. The molecule has 2 aromatic rings. The lowest BCUT2D eigenvalue weighted by Gasteiger charge is -2.06. The summed E-state index contributed by atoms with van der Waals surface area (Å²) in [6, 6.07) is 7.86. The quantitative estimate of drug-likeness (QED) is 0.912. The van der Waals surface area contributed by atoms with Gasteiger partial charge in [-0.15, -0.1) is 0 Å². The molecule has 0 aliphatic rings. The van der Waals surface area contributed by atoms with Gasteiger partial charge in [0.25, 0.3) is 5.91 Å². The zero-order valence-electron chi connectivity index (χ0n) is 11.2. The summed E-state index contributed by atoms with van der Waals surface area (Å²) in [5.74, 6) is -3.93. The van der Waals surface area contributed by atoms with Gasteiger partial charge in [-0.2, -0.15) is 8.78 Å². The van der Waals surface area contributed by atoms with Crippen LogP contribution < -0.4 is 5.32 Å². The van der Waals surface area contributed by atoms with Crippen molar-refractivity contribution in [1.82, 2.24) is 10.3 Å². The number of carbonyl (C=O) groups is 1. The molecule has 0 saturated heterocycles. The lowest BCUT2D eigenvalue weighted by molar-refractivity contribution is 0.0951. The highest BCUT2D eigenvalue weighted by molar-refractivity contribution is 7.91. The molecule has 2 rings (SSSR count). The summed E-state index contributed by atoms with van der Waals surface area (Å²) >= 11 is 0. The van der Waals surface area contributed by atoms with E-state index in [9.17, 15) is 22.0 Å². The molecule has 1 N–H and O–H groups in total. The molecule has 0 bridgehead atoms. The van der Waals surface area contributed by atoms with Crippen molar-refractivity contribution in [2.75, 3.05) is 0 Å². The molecule has 0 aliphatic heterocycles. The maximum absolute atomic E-state index is 12.4. The van der Waals surface area contributed by atoms with Crippen LogP contribution in [-0.4, -0.2) is 25.1 Å². The van der Waals surface area contributed by atoms with Gasteiger partial charge < -0.3 is 5.32 Å². The number of nitrogens with zero attached hydrogens (tertiary/aromatic N) is 1. The van der Waals surface area contributed by atoms with Gasteiger partial charge in [-0.05, 0) is 35.9 Å². The largest absolute Gasteiger partial charge is 0.348 e. The van der Waals surface area contributed by atoms with Gasteiger partial charge >= 0.3 is 5.76 Å². The second kappa shape index (κ2) is 6.61. The highest BCUT2D eigenvalue weighted by atomic mass is 32.2. The van der Waals surface area contributed by atoms with Crippen LogP contribution in [0.4, 0.5) is 8.78 Å². The van der Waals surface area contributed by atoms with Gasteiger partial charge in [0.05, 0.1) is 4.90 Å². The van der Waals surface area contributed by atoms with Crippen LogP contribution in [0.5, 0.6) is 0 Å². The molecule has 0 fully saturated rings. The zero-order valence-corrected chi connectivity index (χ0v) is 12.1. The number of halogens is 2. The Morgan fingerprint density at radius 3 is 2.41 bits per heavy atom. The van der Waals surface area contributed by atoms with Crippen molar-refractivity contribution in [2.45, 2.75) is 17.2 Å². The number of hydrogen-bond acceptors (Lipinski definition) is 4. The second-order valence-electron chi connectivity index (χ2n) is 4.37.